The smallest absolute Gasteiger partial charge is 0.125 e. The van der Waals surface area contributed by atoms with Crippen LogP contribution in [0.2, 0.25) is 0 Å². The van der Waals surface area contributed by atoms with Crippen molar-refractivity contribution < 1.29 is 10.2 Å². The largest absolute Gasteiger partial charge is 0.507 e. The number of fused-ring (bicyclic) bond motifs is 2. The highest BCUT2D eigenvalue weighted by atomic mass is 79.9. The van der Waals surface area contributed by atoms with E-state index in [0.717, 1.165) is 19.7 Å². The van der Waals surface area contributed by atoms with E-state index in [1.54, 1.807) is 36.4 Å². The second kappa shape index (κ2) is 7.38. The van der Waals surface area contributed by atoms with Crippen LogP contribution in [0, 0.1) is 0 Å². The van der Waals surface area contributed by atoms with Crippen LogP contribution in [0.3, 0.4) is 0 Å². The molecule has 2 N–H and O–H groups in total. The standard InChI is InChI=1S/C24H14Br2N2O2/c25-15-5-7-21(29)17(11-15)23-24(18-12-16(26)6-8-22(18)30)28-20-10-14-4-2-1-3-13(14)9-19(20)27-23/h1-12,29-30H. The van der Waals surface area contributed by atoms with E-state index in [9.17, 15) is 10.2 Å². The van der Waals surface area contributed by atoms with Crippen LogP contribution in [-0.2, 0) is 0 Å². The fraction of sp³-hybridized carbons (Fsp3) is 0. The van der Waals surface area contributed by atoms with Crippen LogP contribution in [0.25, 0.3) is 44.3 Å². The first-order valence-electron chi connectivity index (χ1n) is 9.18. The summed E-state index contributed by atoms with van der Waals surface area (Å²) in [6.45, 7) is 0. The number of phenolic OH excluding ortho intramolecular Hbond substituents is 2. The minimum Gasteiger partial charge on any atom is -0.507 e. The van der Waals surface area contributed by atoms with Crippen molar-refractivity contribution in [2.75, 3.05) is 0 Å². The third-order valence-electron chi connectivity index (χ3n) is 4.96. The van der Waals surface area contributed by atoms with Gasteiger partial charge in [0.2, 0.25) is 0 Å². The van der Waals surface area contributed by atoms with Gasteiger partial charge in [-0.05, 0) is 59.3 Å². The zero-order chi connectivity index (χ0) is 20.8. The Bertz CT molecular complexity index is 1340. The van der Waals surface area contributed by atoms with Crippen LogP contribution in [0.15, 0.2) is 81.7 Å². The molecule has 0 aliphatic heterocycles. The van der Waals surface area contributed by atoms with E-state index >= 15 is 0 Å². The van der Waals surface area contributed by atoms with Crippen molar-refractivity contribution in [3.8, 4) is 34.0 Å². The summed E-state index contributed by atoms with van der Waals surface area (Å²) in [7, 11) is 0. The van der Waals surface area contributed by atoms with Gasteiger partial charge in [-0.3, -0.25) is 0 Å². The molecule has 146 valence electrons. The van der Waals surface area contributed by atoms with E-state index in [2.05, 4.69) is 31.9 Å². The van der Waals surface area contributed by atoms with Crippen LogP contribution in [0.1, 0.15) is 0 Å². The summed E-state index contributed by atoms with van der Waals surface area (Å²) in [5, 5.41) is 23.2. The number of aromatic hydroxyl groups is 2. The van der Waals surface area contributed by atoms with Gasteiger partial charge in [0.25, 0.3) is 0 Å². The first-order chi connectivity index (χ1) is 14.5. The first kappa shape index (κ1) is 19.0. The summed E-state index contributed by atoms with van der Waals surface area (Å²) in [6, 6.07) is 22.3. The van der Waals surface area contributed by atoms with Gasteiger partial charge >= 0.3 is 0 Å². The molecule has 6 heteroatoms. The molecule has 0 amide bonds. The van der Waals surface area contributed by atoms with E-state index in [0.29, 0.717) is 33.5 Å². The number of aromatic nitrogens is 2. The zero-order valence-corrected chi connectivity index (χ0v) is 18.6. The van der Waals surface area contributed by atoms with E-state index < -0.39 is 0 Å². The minimum atomic E-state index is 0.0865. The topological polar surface area (TPSA) is 66.2 Å². The molecule has 0 aliphatic carbocycles. The van der Waals surface area contributed by atoms with Gasteiger partial charge < -0.3 is 10.2 Å². The lowest BCUT2D eigenvalue weighted by atomic mass is 10.0. The normalized spacial score (nSPS) is 11.3. The Morgan fingerprint density at radius 1 is 0.567 bits per heavy atom. The van der Waals surface area contributed by atoms with Crippen LogP contribution < -0.4 is 0 Å². The maximum absolute atomic E-state index is 10.6. The molecule has 0 spiro atoms. The highest BCUT2D eigenvalue weighted by Gasteiger charge is 2.19. The second-order valence-electron chi connectivity index (χ2n) is 6.93. The fourth-order valence-corrected chi connectivity index (χ4v) is 4.24. The number of halogens is 2. The van der Waals surface area contributed by atoms with Gasteiger partial charge in [-0.25, -0.2) is 9.97 Å². The molecule has 4 nitrogen and oxygen atoms in total. The number of phenols is 2. The predicted molar refractivity (Wildman–Crippen MR) is 127 cm³/mol. The van der Waals surface area contributed by atoms with E-state index in [-0.39, 0.29) is 11.5 Å². The van der Waals surface area contributed by atoms with Gasteiger partial charge in [0.05, 0.1) is 11.0 Å². The third kappa shape index (κ3) is 3.32. The van der Waals surface area contributed by atoms with Gasteiger partial charge in [-0.2, -0.15) is 0 Å². The molecule has 30 heavy (non-hydrogen) atoms. The first-order valence-corrected chi connectivity index (χ1v) is 10.8. The summed E-state index contributed by atoms with van der Waals surface area (Å²) < 4.78 is 1.61. The fourth-order valence-electron chi connectivity index (χ4n) is 3.51. The highest BCUT2D eigenvalue weighted by Crippen LogP contribution is 2.41. The molecule has 4 aromatic carbocycles. The zero-order valence-electron chi connectivity index (χ0n) is 15.5. The Kier molecular flexibility index (Phi) is 4.68. The maximum Gasteiger partial charge on any atom is 0.125 e. The quantitative estimate of drug-likeness (QED) is 0.244. The summed E-state index contributed by atoms with van der Waals surface area (Å²) in [6.07, 6.45) is 0. The summed E-state index contributed by atoms with van der Waals surface area (Å²) in [4.78, 5) is 9.75. The van der Waals surface area contributed by atoms with Crippen molar-refractivity contribution in [3.63, 3.8) is 0 Å². The molecule has 0 bridgehead atoms. The van der Waals surface area contributed by atoms with Crippen LogP contribution in [0.5, 0.6) is 11.5 Å². The van der Waals surface area contributed by atoms with Crippen molar-refractivity contribution in [1.29, 1.82) is 0 Å². The number of benzene rings is 4. The minimum absolute atomic E-state index is 0.0865. The van der Waals surface area contributed by atoms with Crippen molar-refractivity contribution >= 4 is 53.7 Å². The number of hydrogen-bond donors (Lipinski definition) is 2. The Hall–Kier alpha value is -2.96. The van der Waals surface area contributed by atoms with E-state index in [4.69, 9.17) is 9.97 Å². The Labute approximate surface area is 189 Å². The lowest BCUT2D eigenvalue weighted by molar-refractivity contribution is 0.475. The number of rotatable bonds is 2. The maximum atomic E-state index is 10.6. The van der Waals surface area contributed by atoms with Gasteiger partial charge in [0, 0.05) is 20.1 Å². The van der Waals surface area contributed by atoms with Crippen LogP contribution in [0.4, 0.5) is 0 Å². The molecule has 0 fully saturated rings. The molecule has 0 aliphatic rings. The van der Waals surface area contributed by atoms with Crippen molar-refractivity contribution in [1.82, 2.24) is 9.97 Å². The van der Waals surface area contributed by atoms with Crippen molar-refractivity contribution in [2.45, 2.75) is 0 Å². The summed E-state index contributed by atoms with van der Waals surface area (Å²) in [5.41, 5.74) is 3.46. The summed E-state index contributed by atoms with van der Waals surface area (Å²) >= 11 is 6.93. The molecule has 1 heterocycles. The molecular formula is C24H14Br2N2O2. The lowest BCUT2D eigenvalue weighted by Gasteiger charge is -2.14. The molecular weight excluding hydrogens is 508 g/mol. The van der Waals surface area contributed by atoms with Gasteiger partial charge in [0.1, 0.15) is 22.9 Å². The SMILES string of the molecule is Oc1ccc(Br)cc1-c1nc2cc3ccccc3cc2nc1-c1cc(Br)ccc1O. The molecule has 0 saturated carbocycles. The second-order valence-corrected chi connectivity index (χ2v) is 8.76. The third-order valence-corrected chi connectivity index (χ3v) is 5.95. The monoisotopic (exact) mass is 520 g/mol. The Balaban J connectivity index is 1.90. The van der Waals surface area contributed by atoms with E-state index in [1.807, 2.05) is 36.4 Å². The van der Waals surface area contributed by atoms with Gasteiger partial charge in [-0.15, -0.1) is 0 Å². The average Bonchev–Trinajstić information content (AvgIpc) is 2.75. The van der Waals surface area contributed by atoms with Crippen LogP contribution >= 0.6 is 31.9 Å². The predicted octanol–water partition coefficient (Wildman–Crippen LogP) is 7.05. The molecule has 5 aromatic rings. The van der Waals surface area contributed by atoms with Gasteiger partial charge in [0.15, 0.2) is 0 Å². The molecule has 0 radical (unpaired) electrons. The molecule has 0 saturated heterocycles. The molecule has 5 rings (SSSR count). The van der Waals surface area contributed by atoms with Gasteiger partial charge in [-0.1, -0.05) is 56.1 Å². The molecule has 0 unspecified atom stereocenters. The van der Waals surface area contributed by atoms with Crippen molar-refractivity contribution in [2.24, 2.45) is 0 Å². The number of nitrogens with zero attached hydrogens (tertiary/aromatic N) is 2. The lowest BCUT2D eigenvalue weighted by Crippen LogP contribution is -1.97. The average molecular weight is 522 g/mol. The summed E-state index contributed by atoms with van der Waals surface area (Å²) in [5.74, 6) is 0.173. The number of hydrogen-bond acceptors (Lipinski definition) is 4. The van der Waals surface area contributed by atoms with Crippen LogP contribution in [-0.4, -0.2) is 20.2 Å². The Morgan fingerprint density at radius 3 is 1.43 bits per heavy atom. The van der Waals surface area contributed by atoms with E-state index in [1.165, 1.54) is 0 Å². The molecule has 0 atom stereocenters. The molecule has 1 aromatic heterocycles. The highest BCUT2D eigenvalue weighted by molar-refractivity contribution is 9.10. The Morgan fingerprint density at radius 2 is 1.00 bits per heavy atom. The van der Waals surface area contributed by atoms with Crippen molar-refractivity contribution in [3.05, 3.63) is 81.7 Å².